The third-order valence-corrected chi connectivity index (χ3v) is 3.19. The Morgan fingerprint density at radius 1 is 1.41 bits per heavy atom. The SMILES string of the molecule is CC(C)(COc1ccccc1C1CC1)C(N)=O. The molecule has 3 heteroatoms. The number of ether oxygens (including phenoxy) is 1. The summed E-state index contributed by atoms with van der Waals surface area (Å²) in [7, 11) is 0. The largest absolute Gasteiger partial charge is 0.492 e. The Morgan fingerprint density at radius 3 is 2.65 bits per heavy atom. The van der Waals surface area contributed by atoms with Crippen LogP contribution in [0.25, 0.3) is 0 Å². The van der Waals surface area contributed by atoms with Crippen LogP contribution in [-0.2, 0) is 4.79 Å². The molecule has 1 saturated carbocycles. The standard InChI is InChI=1S/C14H19NO2/c1-14(2,13(15)16)9-17-12-6-4-3-5-11(12)10-7-8-10/h3-6,10H,7-9H2,1-2H3,(H2,15,16). The van der Waals surface area contributed by atoms with Gasteiger partial charge in [-0.3, -0.25) is 4.79 Å². The van der Waals surface area contributed by atoms with Crippen molar-refractivity contribution in [1.29, 1.82) is 0 Å². The third-order valence-electron chi connectivity index (χ3n) is 3.19. The van der Waals surface area contributed by atoms with Gasteiger partial charge < -0.3 is 10.5 Å². The lowest BCUT2D eigenvalue weighted by molar-refractivity contribution is -0.127. The third kappa shape index (κ3) is 2.78. The van der Waals surface area contributed by atoms with Crippen molar-refractivity contribution in [2.45, 2.75) is 32.6 Å². The molecule has 0 radical (unpaired) electrons. The molecule has 3 nitrogen and oxygen atoms in total. The molecule has 1 aromatic carbocycles. The molecule has 0 saturated heterocycles. The van der Waals surface area contributed by atoms with Gasteiger partial charge in [0.2, 0.25) is 5.91 Å². The molecule has 0 atom stereocenters. The summed E-state index contributed by atoms with van der Waals surface area (Å²) in [5.74, 6) is 1.20. The van der Waals surface area contributed by atoms with E-state index < -0.39 is 5.41 Å². The lowest BCUT2D eigenvalue weighted by Gasteiger charge is -2.21. The number of nitrogens with two attached hydrogens (primary N) is 1. The minimum Gasteiger partial charge on any atom is -0.492 e. The highest BCUT2D eigenvalue weighted by Gasteiger charge is 2.29. The Labute approximate surface area is 102 Å². The normalized spacial score (nSPS) is 15.6. The summed E-state index contributed by atoms with van der Waals surface area (Å²) in [6, 6.07) is 8.05. The summed E-state index contributed by atoms with van der Waals surface area (Å²) in [6.07, 6.45) is 2.47. The van der Waals surface area contributed by atoms with E-state index in [0.717, 1.165) is 5.75 Å². The van der Waals surface area contributed by atoms with Crippen molar-refractivity contribution in [2.75, 3.05) is 6.61 Å². The van der Waals surface area contributed by atoms with Crippen molar-refractivity contribution in [1.82, 2.24) is 0 Å². The van der Waals surface area contributed by atoms with Gasteiger partial charge in [-0.1, -0.05) is 18.2 Å². The lowest BCUT2D eigenvalue weighted by atomic mass is 9.94. The highest BCUT2D eigenvalue weighted by atomic mass is 16.5. The van der Waals surface area contributed by atoms with E-state index >= 15 is 0 Å². The molecule has 0 spiro atoms. The van der Waals surface area contributed by atoms with Crippen LogP contribution in [0.5, 0.6) is 5.75 Å². The minimum absolute atomic E-state index is 0.325. The molecule has 2 N–H and O–H groups in total. The summed E-state index contributed by atoms with van der Waals surface area (Å²) in [5.41, 5.74) is 5.95. The molecular weight excluding hydrogens is 214 g/mol. The van der Waals surface area contributed by atoms with E-state index in [4.69, 9.17) is 10.5 Å². The maximum absolute atomic E-state index is 11.2. The summed E-state index contributed by atoms with van der Waals surface area (Å²) < 4.78 is 5.76. The van der Waals surface area contributed by atoms with E-state index in [9.17, 15) is 4.79 Å². The summed E-state index contributed by atoms with van der Waals surface area (Å²) >= 11 is 0. The van der Waals surface area contributed by atoms with Gasteiger partial charge in [0.05, 0.1) is 5.41 Å². The Hall–Kier alpha value is -1.51. The first-order chi connectivity index (χ1) is 8.00. The number of primary amides is 1. The molecule has 92 valence electrons. The fraction of sp³-hybridized carbons (Fsp3) is 0.500. The van der Waals surface area contributed by atoms with E-state index in [0.29, 0.717) is 12.5 Å². The van der Waals surface area contributed by atoms with Crippen molar-refractivity contribution in [3.8, 4) is 5.75 Å². The fourth-order valence-corrected chi connectivity index (χ4v) is 1.67. The van der Waals surface area contributed by atoms with Gasteiger partial charge in [0.15, 0.2) is 0 Å². The molecule has 0 bridgehead atoms. The topological polar surface area (TPSA) is 52.3 Å². The molecule has 0 unspecified atom stereocenters. The van der Waals surface area contributed by atoms with Crippen LogP contribution >= 0.6 is 0 Å². The maximum Gasteiger partial charge on any atom is 0.226 e. The summed E-state index contributed by atoms with van der Waals surface area (Å²) in [4.78, 5) is 11.2. The molecule has 0 aromatic heterocycles. The van der Waals surface area contributed by atoms with Gasteiger partial charge in [-0.2, -0.15) is 0 Å². The number of rotatable bonds is 5. The first kappa shape index (κ1) is 12.0. The Balaban J connectivity index is 2.06. The van der Waals surface area contributed by atoms with Gasteiger partial charge in [0, 0.05) is 0 Å². The van der Waals surface area contributed by atoms with Crippen molar-refractivity contribution in [3.05, 3.63) is 29.8 Å². The molecule has 0 heterocycles. The highest BCUT2D eigenvalue weighted by molar-refractivity contribution is 5.80. The van der Waals surface area contributed by atoms with E-state index in [2.05, 4.69) is 6.07 Å². The smallest absolute Gasteiger partial charge is 0.226 e. The first-order valence-electron chi connectivity index (χ1n) is 6.02. The average Bonchev–Trinajstić information content (AvgIpc) is 3.10. The predicted octanol–water partition coefficient (Wildman–Crippen LogP) is 2.45. The Bertz CT molecular complexity index is 422. The second kappa shape index (κ2) is 4.40. The number of para-hydroxylation sites is 1. The predicted molar refractivity (Wildman–Crippen MR) is 66.9 cm³/mol. The average molecular weight is 233 g/mol. The molecule has 2 rings (SSSR count). The second-order valence-corrected chi connectivity index (χ2v) is 5.35. The van der Waals surface area contributed by atoms with Gasteiger partial charge in [0.25, 0.3) is 0 Å². The van der Waals surface area contributed by atoms with Crippen molar-refractivity contribution in [2.24, 2.45) is 11.1 Å². The monoisotopic (exact) mass is 233 g/mol. The molecule has 1 fully saturated rings. The van der Waals surface area contributed by atoms with Crippen LogP contribution in [0.3, 0.4) is 0 Å². The van der Waals surface area contributed by atoms with Crippen LogP contribution < -0.4 is 10.5 Å². The quantitative estimate of drug-likeness (QED) is 0.849. The van der Waals surface area contributed by atoms with Crippen LogP contribution in [-0.4, -0.2) is 12.5 Å². The van der Waals surface area contributed by atoms with Gasteiger partial charge in [-0.05, 0) is 44.2 Å². The zero-order valence-corrected chi connectivity index (χ0v) is 10.4. The Kier molecular flexibility index (Phi) is 3.09. The van der Waals surface area contributed by atoms with Crippen molar-refractivity contribution < 1.29 is 9.53 Å². The zero-order valence-electron chi connectivity index (χ0n) is 10.4. The van der Waals surface area contributed by atoms with Crippen LogP contribution in [0, 0.1) is 5.41 Å². The molecule has 1 aliphatic carbocycles. The molecular formula is C14H19NO2. The van der Waals surface area contributed by atoms with Crippen LogP contribution in [0.15, 0.2) is 24.3 Å². The van der Waals surface area contributed by atoms with Crippen molar-refractivity contribution in [3.63, 3.8) is 0 Å². The number of hydrogen-bond donors (Lipinski definition) is 1. The first-order valence-corrected chi connectivity index (χ1v) is 6.02. The number of carbonyl (C=O) groups is 1. The minimum atomic E-state index is -0.628. The van der Waals surface area contributed by atoms with E-state index in [1.54, 1.807) is 13.8 Å². The summed E-state index contributed by atoms with van der Waals surface area (Å²) in [6.45, 7) is 3.93. The van der Waals surface area contributed by atoms with Gasteiger partial charge in [-0.15, -0.1) is 0 Å². The Morgan fingerprint density at radius 2 is 2.06 bits per heavy atom. The van der Waals surface area contributed by atoms with Gasteiger partial charge in [0.1, 0.15) is 12.4 Å². The van der Waals surface area contributed by atoms with Gasteiger partial charge in [-0.25, -0.2) is 0 Å². The van der Waals surface area contributed by atoms with E-state index in [1.165, 1.54) is 18.4 Å². The van der Waals surface area contributed by atoms with E-state index in [-0.39, 0.29) is 5.91 Å². The van der Waals surface area contributed by atoms with Crippen LogP contribution in [0.4, 0.5) is 0 Å². The van der Waals surface area contributed by atoms with Gasteiger partial charge >= 0.3 is 0 Å². The second-order valence-electron chi connectivity index (χ2n) is 5.35. The fourth-order valence-electron chi connectivity index (χ4n) is 1.67. The highest BCUT2D eigenvalue weighted by Crippen LogP contribution is 2.44. The summed E-state index contributed by atoms with van der Waals surface area (Å²) in [5, 5.41) is 0. The molecule has 1 aromatic rings. The maximum atomic E-state index is 11.2. The molecule has 0 aliphatic heterocycles. The lowest BCUT2D eigenvalue weighted by Crippen LogP contribution is -2.36. The molecule has 17 heavy (non-hydrogen) atoms. The molecule has 1 aliphatic rings. The number of benzene rings is 1. The van der Waals surface area contributed by atoms with Crippen LogP contribution in [0.2, 0.25) is 0 Å². The number of amides is 1. The van der Waals surface area contributed by atoms with E-state index in [1.807, 2.05) is 18.2 Å². The van der Waals surface area contributed by atoms with Crippen LogP contribution in [0.1, 0.15) is 38.2 Å². The molecule has 1 amide bonds. The number of carbonyl (C=O) groups excluding carboxylic acids is 1. The zero-order chi connectivity index (χ0) is 12.5. The van der Waals surface area contributed by atoms with Crippen molar-refractivity contribution >= 4 is 5.91 Å². The number of hydrogen-bond acceptors (Lipinski definition) is 2.